The second kappa shape index (κ2) is 6.89. The van der Waals surface area contributed by atoms with Gasteiger partial charge in [0.25, 0.3) is 5.91 Å². The van der Waals surface area contributed by atoms with E-state index in [4.69, 9.17) is 28.9 Å². The van der Waals surface area contributed by atoms with Crippen molar-refractivity contribution in [3.63, 3.8) is 0 Å². The highest BCUT2D eigenvalue weighted by Crippen LogP contribution is 2.41. The number of rotatable bonds is 3. The number of hydrogen-bond acceptors (Lipinski definition) is 3. The molecule has 0 unspecified atom stereocenters. The van der Waals surface area contributed by atoms with Gasteiger partial charge >= 0.3 is 6.18 Å². The summed E-state index contributed by atoms with van der Waals surface area (Å²) in [6.07, 6.45) is -4.21. The van der Waals surface area contributed by atoms with Gasteiger partial charge in [-0.25, -0.2) is 4.98 Å². The minimum Gasteiger partial charge on any atom is -0.364 e. The third-order valence-electron chi connectivity index (χ3n) is 3.08. The van der Waals surface area contributed by atoms with Crippen molar-refractivity contribution in [1.29, 1.82) is 0 Å². The number of carbonyl (C=O) groups excluding carboxylic acids is 2. The van der Waals surface area contributed by atoms with E-state index in [0.29, 0.717) is 12.3 Å². The molecule has 25 heavy (non-hydrogen) atoms. The van der Waals surface area contributed by atoms with E-state index < -0.39 is 29.2 Å². The van der Waals surface area contributed by atoms with E-state index in [0.717, 1.165) is 0 Å². The number of primary amides is 1. The maximum atomic E-state index is 13.0. The number of anilines is 1. The van der Waals surface area contributed by atoms with Crippen LogP contribution < -0.4 is 11.1 Å². The van der Waals surface area contributed by atoms with Crippen LogP contribution in [0.15, 0.2) is 24.4 Å². The smallest absolute Gasteiger partial charge is 0.364 e. The summed E-state index contributed by atoms with van der Waals surface area (Å²) >= 11 is 12.0. The molecule has 0 aliphatic carbocycles. The first-order valence-corrected chi connectivity index (χ1v) is 7.40. The third-order valence-corrected chi connectivity index (χ3v) is 3.60. The van der Waals surface area contributed by atoms with E-state index in [2.05, 4.69) is 10.3 Å². The van der Waals surface area contributed by atoms with Crippen LogP contribution in [-0.2, 0) is 11.0 Å². The molecule has 0 atom stereocenters. The molecule has 10 heteroatoms. The molecule has 0 aliphatic rings. The van der Waals surface area contributed by atoms with E-state index in [9.17, 15) is 22.8 Å². The summed E-state index contributed by atoms with van der Waals surface area (Å²) in [6.45, 7) is 1.19. The quantitative estimate of drug-likeness (QED) is 0.824. The number of nitrogens with zero attached hydrogens (tertiary/aromatic N) is 1. The lowest BCUT2D eigenvalue weighted by molar-refractivity contribution is -0.137. The standard InChI is InChI=1S/C15H10Cl2F3N3O2/c1-6(24)23-11-4-8(16)3-10(17)12(11)9-2-7(15(18,19)20)5-22-13(9)14(21)25/h2-5H,1H3,(H2,21,25)(H,23,24). The summed E-state index contributed by atoms with van der Waals surface area (Å²) in [7, 11) is 0. The molecule has 1 heterocycles. The number of nitrogens with two attached hydrogens (primary N) is 1. The van der Waals surface area contributed by atoms with Gasteiger partial charge in [-0.3, -0.25) is 9.59 Å². The number of nitrogens with one attached hydrogen (secondary N) is 1. The zero-order chi connectivity index (χ0) is 18.9. The predicted octanol–water partition coefficient (Wildman–Crippen LogP) is 4.13. The van der Waals surface area contributed by atoms with Crippen molar-refractivity contribution in [2.24, 2.45) is 5.73 Å². The van der Waals surface area contributed by atoms with Gasteiger partial charge in [0, 0.05) is 29.3 Å². The Morgan fingerprint density at radius 3 is 2.36 bits per heavy atom. The van der Waals surface area contributed by atoms with Crippen LogP contribution in [0.1, 0.15) is 23.0 Å². The highest BCUT2D eigenvalue weighted by molar-refractivity contribution is 6.37. The molecule has 0 aliphatic heterocycles. The van der Waals surface area contributed by atoms with Crippen molar-refractivity contribution < 1.29 is 22.8 Å². The Morgan fingerprint density at radius 2 is 1.84 bits per heavy atom. The number of amides is 2. The van der Waals surface area contributed by atoms with Gasteiger partial charge in [0.2, 0.25) is 5.91 Å². The molecule has 132 valence electrons. The van der Waals surface area contributed by atoms with Crippen LogP contribution in [0.2, 0.25) is 10.0 Å². The number of halogens is 5. The molecule has 0 fully saturated rings. The zero-order valence-electron chi connectivity index (χ0n) is 12.5. The molecule has 0 radical (unpaired) electrons. The third kappa shape index (κ3) is 4.21. The fourth-order valence-corrected chi connectivity index (χ4v) is 2.74. The minimum atomic E-state index is -4.70. The Kier molecular flexibility index (Phi) is 5.24. The van der Waals surface area contributed by atoms with Gasteiger partial charge in [0.05, 0.1) is 16.3 Å². The van der Waals surface area contributed by atoms with Crippen LogP contribution in [0.5, 0.6) is 0 Å². The lowest BCUT2D eigenvalue weighted by Gasteiger charge is -2.16. The van der Waals surface area contributed by atoms with Crippen LogP contribution in [0.4, 0.5) is 18.9 Å². The molecule has 0 saturated heterocycles. The molecular formula is C15H10Cl2F3N3O2. The van der Waals surface area contributed by atoms with Gasteiger partial charge < -0.3 is 11.1 Å². The Balaban J connectivity index is 2.84. The topological polar surface area (TPSA) is 85.1 Å². The van der Waals surface area contributed by atoms with Crippen LogP contribution in [0.25, 0.3) is 11.1 Å². The van der Waals surface area contributed by atoms with Crippen molar-refractivity contribution in [2.75, 3.05) is 5.32 Å². The molecule has 0 bridgehead atoms. The maximum Gasteiger partial charge on any atom is 0.417 e. The van der Waals surface area contributed by atoms with E-state index in [1.165, 1.54) is 19.1 Å². The monoisotopic (exact) mass is 391 g/mol. The van der Waals surface area contributed by atoms with Gasteiger partial charge in [-0.1, -0.05) is 23.2 Å². The minimum absolute atomic E-state index is 0.0219. The second-order valence-corrected chi connectivity index (χ2v) is 5.82. The van der Waals surface area contributed by atoms with Gasteiger partial charge in [-0.2, -0.15) is 13.2 Å². The first kappa shape index (κ1) is 19.0. The number of hydrogen-bond donors (Lipinski definition) is 2. The van der Waals surface area contributed by atoms with Crippen molar-refractivity contribution in [3.05, 3.63) is 45.7 Å². The first-order chi connectivity index (χ1) is 11.5. The number of benzene rings is 1. The first-order valence-electron chi connectivity index (χ1n) is 6.64. The summed E-state index contributed by atoms with van der Waals surface area (Å²) < 4.78 is 39.0. The maximum absolute atomic E-state index is 13.0. The van der Waals surface area contributed by atoms with Crippen LogP contribution in [-0.4, -0.2) is 16.8 Å². The normalized spacial score (nSPS) is 11.3. The molecule has 1 aromatic carbocycles. The summed E-state index contributed by atoms with van der Waals surface area (Å²) in [6, 6.07) is 3.23. The molecule has 2 amide bonds. The van der Waals surface area contributed by atoms with Gasteiger partial charge in [-0.15, -0.1) is 0 Å². The summed E-state index contributed by atoms with van der Waals surface area (Å²) in [4.78, 5) is 26.5. The summed E-state index contributed by atoms with van der Waals surface area (Å²) in [5, 5.41) is 2.46. The van der Waals surface area contributed by atoms with E-state index in [1.807, 2.05) is 0 Å². The molecule has 0 saturated carbocycles. The van der Waals surface area contributed by atoms with E-state index in [-0.39, 0.29) is 26.9 Å². The van der Waals surface area contributed by atoms with Crippen LogP contribution in [0, 0.1) is 0 Å². The molecule has 2 aromatic rings. The highest BCUT2D eigenvalue weighted by atomic mass is 35.5. The fourth-order valence-electron chi connectivity index (χ4n) is 2.14. The van der Waals surface area contributed by atoms with Gasteiger partial charge in [-0.05, 0) is 18.2 Å². The van der Waals surface area contributed by atoms with Gasteiger partial charge in [0.15, 0.2) is 0 Å². The Bertz CT molecular complexity index is 870. The summed E-state index contributed by atoms with van der Waals surface area (Å²) in [5.74, 6) is -1.57. The van der Waals surface area contributed by atoms with Crippen molar-refractivity contribution in [1.82, 2.24) is 4.98 Å². The molecule has 3 N–H and O–H groups in total. The molecule has 2 rings (SSSR count). The lowest BCUT2D eigenvalue weighted by atomic mass is 9.99. The van der Waals surface area contributed by atoms with Crippen molar-refractivity contribution in [3.8, 4) is 11.1 Å². The summed E-state index contributed by atoms with van der Waals surface area (Å²) in [5.41, 5.74) is 3.38. The highest BCUT2D eigenvalue weighted by Gasteiger charge is 2.33. The zero-order valence-corrected chi connectivity index (χ0v) is 14.1. The fraction of sp³-hybridized carbons (Fsp3) is 0.133. The number of carbonyl (C=O) groups is 2. The Morgan fingerprint density at radius 1 is 1.20 bits per heavy atom. The van der Waals surface area contributed by atoms with Gasteiger partial charge in [0.1, 0.15) is 5.69 Å². The van der Waals surface area contributed by atoms with Crippen molar-refractivity contribution in [2.45, 2.75) is 13.1 Å². The predicted molar refractivity (Wildman–Crippen MR) is 87.5 cm³/mol. The van der Waals surface area contributed by atoms with Crippen LogP contribution in [0.3, 0.4) is 0 Å². The molecule has 1 aromatic heterocycles. The number of alkyl halides is 3. The molecule has 0 spiro atoms. The largest absolute Gasteiger partial charge is 0.417 e. The second-order valence-electron chi connectivity index (χ2n) is 4.97. The number of pyridine rings is 1. The van der Waals surface area contributed by atoms with E-state index in [1.54, 1.807) is 0 Å². The number of aromatic nitrogens is 1. The lowest BCUT2D eigenvalue weighted by Crippen LogP contribution is -2.17. The Labute approximate surface area is 149 Å². The molecular weight excluding hydrogens is 382 g/mol. The van der Waals surface area contributed by atoms with Crippen molar-refractivity contribution >= 4 is 40.7 Å². The SMILES string of the molecule is CC(=O)Nc1cc(Cl)cc(Cl)c1-c1cc(C(F)(F)F)cnc1C(N)=O. The van der Waals surface area contributed by atoms with Crippen LogP contribution >= 0.6 is 23.2 Å². The average molecular weight is 392 g/mol. The van der Waals surface area contributed by atoms with E-state index >= 15 is 0 Å². The molecule has 5 nitrogen and oxygen atoms in total. The average Bonchev–Trinajstić information content (AvgIpc) is 2.44. The Hall–Kier alpha value is -2.32.